The first-order valence-corrected chi connectivity index (χ1v) is 14.0. The van der Waals surface area contributed by atoms with E-state index in [0.717, 1.165) is 12.8 Å². The number of cyclic esters (lactones) is 1. The maximum Gasteiger partial charge on any atom is 0.310 e. The van der Waals surface area contributed by atoms with Crippen LogP contribution in [-0.4, -0.2) is 71.6 Å². The summed E-state index contributed by atoms with van der Waals surface area (Å²) in [5, 5.41) is 8.54. The first kappa shape index (κ1) is 29.8. The summed E-state index contributed by atoms with van der Waals surface area (Å²) >= 11 is 6.26. The number of nitrogens with zero attached hydrogens (tertiary/aromatic N) is 1. The Hall–Kier alpha value is -3.18. The number of benzene rings is 1. The second-order valence-electron chi connectivity index (χ2n) is 11.7. The number of nitrogens with one attached hydrogen (secondary N) is 3. The van der Waals surface area contributed by atoms with E-state index in [0.29, 0.717) is 18.7 Å². The largest absolute Gasteiger partial charge is 0.433 e. The average Bonchev–Trinajstić information content (AvgIpc) is 3.57. The van der Waals surface area contributed by atoms with E-state index in [1.807, 2.05) is 20.8 Å². The zero-order chi connectivity index (χ0) is 29.4. The molecule has 4 amide bonds. The molecular weight excluding hydrogens is 540 g/mol. The molecule has 0 aromatic heterocycles. The molecule has 3 N–H and O–H groups in total. The molecule has 6 atom stereocenters. The van der Waals surface area contributed by atoms with Crippen LogP contribution in [0.5, 0.6) is 0 Å². The zero-order valence-corrected chi connectivity index (χ0v) is 24.2. The maximum atomic E-state index is 14.1. The highest BCUT2D eigenvalue weighted by Gasteiger charge is 2.54. The summed E-state index contributed by atoms with van der Waals surface area (Å²) in [6.07, 6.45) is 1.42. The van der Waals surface area contributed by atoms with Gasteiger partial charge >= 0.3 is 5.97 Å². The molecule has 0 spiro atoms. The normalized spacial score (nSPS) is 26.3. The molecule has 1 saturated carbocycles. The van der Waals surface area contributed by atoms with E-state index in [2.05, 4.69) is 16.0 Å². The number of likely N-dealkylation sites (tertiary alicyclic amines) is 1. The molecule has 1 aromatic carbocycles. The molecule has 3 aliphatic rings. The molecular formula is C28H37ClN4O7. The minimum Gasteiger partial charge on any atom is -0.433 e. The molecule has 2 heterocycles. The lowest BCUT2D eigenvalue weighted by atomic mass is 9.84. The lowest BCUT2D eigenvalue weighted by Crippen LogP contribution is -2.62. The Kier molecular flexibility index (Phi) is 8.75. The molecule has 218 valence electrons. The second-order valence-corrected chi connectivity index (χ2v) is 12.1. The van der Waals surface area contributed by atoms with Crippen molar-refractivity contribution in [2.24, 2.45) is 11.3 Å². The minimum atomic E-state index is -0.934. The number of esters is 1. The van der Waals surface area contributed by atoms with Crippen LogP contribution in [0.25, 0.3) is 0 Å². The number of rotatable bonds is 8. The number of piperidine rings is 1. The number of hydrogen-bond donors (Lipinski definition) is 3. The first-order chi connectivity index (χ1) is 18.8. The Morgan fingerprint density at radius 1 is 1.20 bits per heavy atom. The molecule has 5 unspecified atom stereocenters. The molecule has 11 nitrogen and oxygen atoms in total. The summed E-state index contributed by atoms with van der Waals surface area (Å²) in [4.78, 5) is 65.8. The van der Waals surface area contributed by atoms with Crippen LogP contribution in [-0.2, 0) is 28.7 Å². The maximum absolute atomic E-state index is 14.1. The van der Waals surface area contributed by atoms with Crippen molar-refractivity contribution in [3.8, 4) is 0 Å². The fraction of sp³-hybridized carbons (Fsp3) is 0.607. The van der Waals surface area contributed by atoms with E-state index in [9.17, 15) is 24.0 Å². The van der Waals surface area contributed by atoms with Crippen molar-refractivity contribution < 1.29 is 33.4 Å². The number of fused-ring (bicyclic) bond motifs is 2. The lowest BCUT2D eigenvalue weighted by Gasteiger charge is -2.40. The molecule has 2 saturated heterocycles. The Morgan fingerprint density at radius 2 is 1.93 bits per heavy atom. The van der Waals surface area contributed by atoms with E-state index < -0.39 is 41.7 Å². The van der Waals surface area contributed by atoms with E-state index >= 15 is 0 Å². The molecule has 40 heavy (non-hydrogen) atoms. The number of anilines is 1. The molecule has 1 aliphatic carbocycles. The van der Waals surface area contributed by atoms with Gasteiger partial charge in [0, 0.05) is 25.1 Å². The predicted octanol–water partition coefficient (Wildman–Crippen LogP) is 2.62. The zero-order valence-electron chi connectivity index (χ0n) is 23.4. The van der Waals surface area contributed by atoms with Crippen molar-refractivity contribution in [2.75, 3.05) is 11.9 Å². The summed E-state index contributed by atoms with van der Waals surface area (Å²) in [5.41, 5.74) is -0.0790. The van der Waals surface area contributed by atoms with Gasteiger partial charge in [-0.1, -0.05) is 32.4 Å². The molecule has 3 fully saturated rings. The quantitative estimate of drug-likeness (QED) is 0.404. The smallest absolute Gasteiger partial charge is 0.310 e. The van der Waals surface area contributed by atoms with E-state index in [1.165, 1.54) is 25.1 Å². The van der Waals surface area contributed by atoms with Gasteiger partial charge in [0.1, 0.15) is 18.1 Å². The molecule has 4 rings (SSSR count). The third kappa shape index (κ3) is 6.25. The topological polar surface area (TPSA) is 143 Å². The fourth-order valence-corrected chi connectivity index (χ4v) is 6.07. The third-order valence-corrected chi connectivity index (χ3v) is 7.97. The summed E-state index contributed by atoms with van der Waals surface area (Å²) in [6, 6.07) is 2.06. The van der Waals surface area contributed by atoms with Gasteiger partial charge in [0.2, 0.25) is 24.0 Å². The van der Waals surface area contributed by atoms with Gasteiger partial charge in [-0.15, -0.1) is 0 Å². The summed E-state index contributed by atoms with van der Waals surface area (Å²) in [7, 11) is 0. The highest BCUT2D eigenvalue weighted by atomic mass is 35.5. The predicted molar refractivity (Wildman–Crippen MR) is 146 cm³/mol. The van der Waals surface area contributed by atoms with Gasteiger partial charge in [0.05, 0.1) is 17.1 Å². The molecule has 2 aliphatic heterocycles. The van der Waals surface area contributed by atoms with Gasteiger partial charge in [-0.25, -0.2) is 0 Å². The molecule has 0 radical (unpaired) electrons. The van der Waals surface area contributed by atoms with Crippen molar-refractivity contribution in [3.63, 3.8) is 0 Å². The average molecular weight is 577 g/mol. The van der Waals surface area contributed by atoms with Crippen LogP contribution in [0.1, 0.15) is 70.7 Å². The van der Waals surface area contributed by atoms with Crippen molar-refractivity contribution in [3.05, 3.63) is 28.8 Å². The van der Waals surface area contributed by atoms with Crippen molar-refractivity contribution in [2.45, 2.75) is 90.8 Å². The van der Waals surface area contributed by atoms with Gasteiger partial charge in [-0.3, -0.25) is 24.0 Å². The minimum absolute atomic E-state index is 0.00483. The van der Waals surface area contributed by atoms with Crippen LogP contribution >= 0.6 is 11.6 Å². The van der Waals surface area contributed by atoms with Gasteiger partial charge in [0.15, 0.2) is 0 Å². The highest BCUT2D eigenvalue weighted by molar-refractivity contribution is 6.34. The number of carbonyl (C=O) groups is 5. The summed E-state index contributed by atoms with van der Waals surface area (Å²) < 4.78 is 10.7. The third-order valence-electron chi connectivity index (χ3n) is 7.66. The van der Waals surface area contributed by atoms with Crippen molar-refractivity contribution in [1.82, 2.24) is 15.5 Å². The van der Waals surface area contributed by atoms with Crippen LogP contribution in [0.2, 0.25) is 5.02 Å². The number of halogens is 1. The number of hydrogen-bond acceptors (Lipinski definition) is 7. The van der Waals surface area contributed by atoms with E-state index in [4.69, 9.17) is 21.1 Å². The van der Waals surface area contributed by atoms with Crippen LogP contribution in [0.3, 0.4) is 0 Å². The fourth-order valence-electron chi connectivity index (χ4n) is 5.84. The van der Waals surface area contributed by atoms with Crippen LogP contribution in [0, 0.1) is 11.3 Å². The van der Waals surface area contributed by atoms with Gasteiger partial charge in [-0.05, 0) is 55.7 Å². The number of carbonyl (C=O) groups excluding carboxylic acids is 5. The van der Waals surface area contributed by atoms with Gasteiger partial charge < -0.3 is 30.3 Å². The summed E-state index contributed by atoms with van der Waals surface area (Å²) in [6.45, 7) is 8.99. The van der Waals surface area contributed by atoms with Crippen LogP contribution in [0.15, 0.2) is 18.2 Å². The monoisotopic (exact) mass is 576 g/mol. The standard InChI is InChI=1S/C28H37ClN4O7/c1-6-39-27-20(13-21(35)40-27)31-25(37)22-15-7-9-17(11-15)33(22)26(38)23(28(3,4)5)32-24(36)16-8-10-19(18(29)12-16)30-14(2)34/h8,10,12,15,17,20,22-23,27H,6-7,9,11,13H2,1-5H3,(H,30,34)(H,31,37)(H,32,36)/t15?,17?,20?,22?,23?,27-/m1/s1. The van der Waals surface area contributed by atoms with E-state index in [1.54, 1.807) is 11.8 Å². The van der Waals surface area contributed by atoms with Gasteiger partial charge in [0.25, 0.3) is 5.91 Å². The Morgan fingerprint density at radius 3 is 2.55 bits per heavy atom. The second kappa shape index (κ2) is 11.7. The molecule has 12 heteroatoms. The Bertz CT molecular complexity index is 1200. The Balaban J connectivity index is 1.53. The number of amides is 4. The highest BCUT2D eigenvalue weighted by Crippen LogP contribution is 2.44. The van der Waals surface area contributed by atoms with Crippen molar-refractivity contribution >= 4 is 46.9 Å². The molecule has 1 aromatic rings. The van der Waals surface area contributed by atoms with Crippen molar-refractivity contribution in [1.29, 1.82) is 0 Å². The van der Waals surface area contributed by atoms with Crippen LogP contribution < -0.4 is 16.0 Å². The van der Waals surface area contributed by atoms with Gasteiger partial charge in [-0.2, -0.15) is 0 Å². The number of ether oxygens (including phenoxy) is 2. The summed E-state index contributed by atoms with van der Waals surface area (Å²) in [5.74, 6) is -1.96. The van der Waals surface area contributed by atoms with E-state index in [-0.39, 0.29) is 46.7 Å². The SMILES string of the molecule is CCO[C@@H]1OC(=O)CC1NC(=O)C1C2CCC(C2)N1C(=O)C(NC(=O)c1ccc(NC(C)=O)c(Cl)c1)C(C)(C)C. The first-order valence-electron chi connectivity index (χ1n) is 13.6. The molecule has 2 bridgehead atoms. The Labute approximate surface area is 238 Å². The lowest BCUT2D eigenvalue weighted by molar-refractivity contribution is -0.165. The van der Waals surface area contributed by atoms with Crippen LogP contribution in [0.4, 0.5) is 5.69 Å².